The molecule has 2 aromatic carbocycles. The summed E-state index contributed by atoms with van der Waals surface area (Å²) in [5.74, 6) is 0.943. The Kier molecular flexibility index (Phi) is 5.93. The Morgan fingerprint density at radius 3 is 2.42 bits per heavy atom. The van der Waals surface area contributed by atoms with Crippen LogP contribution in [0.5, 0.6) is 5.75 Å². The minimum absolute atomic E-state index is 0.126. The molecule has 1 fully saturated rings. The molecule has 0 atom stereocenters. The van der Waals surface area contributed by atoms with E-state index in [4.69, 9.17) is 4.74 Å². The largest absolute Gasteiger partial charge is 0.497 e. The van der Waals surface area contributed by atoms with Crippen molar-refractivity contribution in [3.8, 4) is 5.75 Å². The number of methoxy groups -OCH3 is 1. The van der Waals surface area contributed by atoms with E-state index >= 15 is 0 Å². The SMILES string of the molecule is COc1cccc(N2CCN(C(=O)c3nn(CC(C)C)c(=O)c4ccccc34)CC2)c1. The van der Waals surface area contributed by atoms with Crippen molar-refractivity contribution in [1.82, 2.24) is 14.7 Å². The van der Waals surface area contributed by atoms with E-state index < -0.39 is 0 Å². The number of amides is 1. The summed E-state index contributed by atoms with van der Waals surface area (Å²) in [6.45, 7) is 7.18. The second kappa shape index (κ2) is 8.79. The van der Waals surface area contributed by atoms with Crippen LogP contribution in [0.25, 0.3) is 10.8 Å². The third-order valence-electron chi connectivity index (χ3n) is 5.59. The Morgan fingerprint density at radius 1 is 1.03 bits per heavy atom. The first-order valence-corrected chi connectivity index (χ1v) is 10.7. The third-order valence-corrected chi connectivity index (χ3v) is 5.59. The van der Waals surface area contributed by atoms with E-state index in [-0.39, 0.29) is 17.4 Å². The number of hydrogen-bond acceptors (Lipinski definition) is 5. The van der Waals surface area contributed by atoms with Crippen molar-refractivity contribution >= 4 is 22.4 Å². The molecule has 0 unspecified atom stereocenters. The number of ether oxygens (including phenoxy) is 1. The summed E-state index contributed by atoms with van der Waals surface area (Å²) in [5, 5.41) is 5.66. The van der Waals surface area contributed by atoms with E-state index in [1.54, 1.807) is 13.2 Å². The fourth-order valence-electron chi connectivity index (χ4n) is 3.99. The molecule has 1 aliphatic heterocycles. The van der Waals surface area contributed by atoms with Crippen LogP contribution in [0.3, 0.4) is 0 Å². The molecule has 4 rings (SSSR count). The average molecular weight is 421 g/mol. The fraction of sp³-hybridized carbons (Fsp3) is 0.375. The summed E-state index contributed by atoms with van der Waals surface area (Å²) in [7, 11) is 1.66. The molecular formula is C24H28N4O3. The zero-order valence-corrected chi connectivity index (χ0v) is 18.2. The van der Waals surface area contributed by atoms with Gasteiger partial charge in [0.15, 0.2) is 5.69 Å². The lowest BCUT2D eigenvalue weighted by Crippen LogP contribution is -2.49. The Bertz CT molecular complexity index is 1150. The van der Waals surface area contributed by atoms with Gasteiger partial charge in [0, 0.05) is 49.9 Å². The summed E-state index contributed by atoms with van der Waals surface area (Å²) in [5.41, 5.74) is 1.29. The lowest BCUT2D eigenvalue weighted by Gasteiger charge is -2.36. The standard InChI is InChI=1S/C24H28N4O3/c1-17(2)16-28-23(29)21-10-5-4-9-20(21)22(25-28)24(30)27-13-11-26(12-14-27)18-7-6-8-19(15-18)31-3/h4-10,15,17H,11-14,16H2,1-3H3. The molecule has 1 aliphatic rings. The number of carbonyl (C=O) groups excluding carboxylic acids is 1. The quantitative estimate of drug-likeness (QED) is 0.635. The number of piperazine rings is 1. The highest BCUT2D eigenvalue weighted by molar-refractivity contribution is 6.04. The second-order valence-corrected chi connectivity index (χ2v) is 8.26. The lowest BCUT2D eigenvalue weighted by atomic mass is 10.1. The molecule has 0 N–H and O–H groups in total. The summed E-state index contributed by atoms with van der Waals surface area (Å²) in [6.07, 6.45) is 0. The number of carbonyl (C=O) groups is 1. The third kappa shape index (κ3) is 4.26. The summed E-state index contributed by atoms with van der Waals surface area (Å²) >= 11 is 0. The van der Waals surface area contributed by atoms with Crippen LogP contribution in [0.4, 0.5) is 5.69 Å². The predicted molar refractivity (Wildman–Crippen MR) is 122 cm³/mol. The minimum atomic E-state index is -0.149. The van der Waals surface area contributed by atoms with Gasteiger partial charge in [0.05, 0.1) is 12.5 Å². The number of hydrogen-bond donors (Lipinski definition) is 0. The maximum Gasteiger partial charge on any atom is 0.275 e. The van der Waals surface area contributed by atoms with Crippen molar-refractivity contribution in [3.05, 3.63) is 64.6 Å². The predicted octanol–water partition coefficient (Wildman–Crippen LogP) is 3.02. The van der Waals surface area contributed by atoms with Gasteiger partial charge in [0.1, 0.15) is 5.75 Å². The van der Waals surface area contributed by atoms with Crippen molar-refractivity contribution in [1.29, 1.82) is 0 Å². The number of nitrogens with zero attached hydrogens (tertiary/aromatic N) is 4. The van der Waals surface area contributed by atoms with Gasteiger partial charge in [0.25, 0.3) is 11.5 Å². The van der Waals surface area contributed by atoms with Gasteiger partial charge in [0.2, 0.25) is 0 Å². The molecule has 0 saturated carbocycles. The summed E-state index contributed by atoms with van der Waals surface area (Å²) in [4.78, 5) is 30.3. The van der Waals surface area contributed by atoms with Crippen molar-refractivity contribution < 1.29 is 9.53 Å². The first-order chi connectivity index (χ1) is 15.0. The maximum atomic E-state index is 13.4. The van der Waals surface area contributed by atoms with Crippen LogP contribution in [0, 0.1) is 5.92 Å². The van der Waals surface area contributed by atoms with Gasteiger partial charge in [-0.15, -0.1) is 0 Å². The monoisotopic (exact) mass is 420 g/mol. The Hall–Kier alpha value is -3.35. The fourth-order valence-corrected chi connectivity index (χ4v) is 3.99. The van der Waals surface area contributed by atoms with Crippen molar-refractivity contribution in [3.63, 3.8) is 0 Å². The van der Waals surface area contributed by atoms with Crippen molar-refractivity contribution in [2.45, 2.75) is 20.4 Å². The number of fused-ring (bicyclic) bond motifs is 1. The number of anilines is 1. The zero-order valence-electron chi connectivity index (χ0n) is 18.2. The molecule has 0 bridgehead atoms. The maximum absolute atomic E-state index is 13.4. The highest BCUT2D eigenvalue weighted by Crippen LogP contribution is 2.23. The van der Waals surface area contributed by atoms with Crippen LogP contribution in [0.15, 0.2) is 53.3 Å². The van der Waals surface area contributed by atoms with E-state index in [1.807, 2.05) is 55.1 Å². The molecule has 0 radical (unpaired) electrons. The highest BCUT2D eigenvalue weighted by atomic mass is 16.5. The molecular weight excluding hydrogens is 392 g/mol. The van der Waals surface area contributed by atoms with E-state index in [0.29, 0.717) is 36.1 Å². The number of benzene rings is 2. The second-order valence-electron chi connectivity index (χ2n) is 8.26. The van der Waals surface area contributed by atoms with Gasteiger partial charge in [-0.25, -0.2) is 4.68 Å². The van der Waals surface area contributed by atoms with Gasteiger partial charge in [-0.1, -0.05) is 38.1 Å². The minimum Gasteiger partial charge on any atom is -0.497 e. The molecule has 1 saturated heterocycles. The average Bonchev–Trinajstić information content (AvgIpc) is 2.80. The van der Waals surface area contributed by atoms with Gasteiger partial charge in [-0.2, -0.15) is 5.10 Å². The lowest BCUT2D eigenvalue weighted by molar-refractivity contribution is 0.0740. The van der Waals surface area contributed by atoms with Gasteiger partial charge in [-0.3, -0.25) is 9.59 Å². The van der Waals surface area contributed by atoms with Crippen molar-refractivity contribution in [2.75, 3.05) is 38.2 Å². The van der Waals surface area contributed by atoms with Gasteiger partial charge < -0.3 is 14.5 Å². The normalized spacial score (nSPS) is 14.3. The van der Waals surface area contributed by atoms with Crippen LogP contribution in [-0.2, 0) is 6.54 Å². The highest BCUT2D eigenvalue weighted by Gasteiger charge is 2.26. The molecule has 2 heterocycles. The smallest absolute Gasteiger partial charge is 0.275 e. The first-order valence-electron chi connectivity index (χ1n) is 10.7. The molecule has 162 valence electrons. The molecule has 0 aliphatic carbocycles. The van der Waals surface area contributed by atoms with Crippen molar-refractivity contribution in [2.24, 2.45) is 5.92 Å². The van der Waals surface area contributed by atoms with Crippen LogP contribution in [0.1, 0.15) is 24.3 Å². The van der Waals surface area contributed by atoms with E-state index in [1.165, 1.54) is 4.68 Å². The van der Waals surface area contributed by atoms with E-state index in [0.717, 1.165) is 24.5 Å². The van der Waals surface area contributed by atoms with Crippen LogP contribution < -0.4 is 15.2 Å². The summed E-state index contributed by atoms with van der Waals surface area (Å²) < 4.78 is 6.76. The first kappa shape index (κ1) is 20.9. The molecule has 3 aromatic rings. The molecule has 31 heavy (non-hydrogen) atoms. The molecule has 1 aromatic heterocycles. The van der Waals surface area contributed by atoms with E-state index in [9.17, 15) is 9.59 Å². The summed E-state index contributed by atoms with van der Waals surface area (Å²) in [6, 6.07) is 15.2. The Balaban J connectivity index is 1.59. The van der Waals surface area contributed by atoms with Gasteiger partial charge in [-0.05, 0) is 24.1 Å². The van der Waals surface area contributed by atoms with Crippen LogP contribution in [0.2, 0.25) is 0 Å². The number of rotatable bonds is 5. The molecule has 0 spiro atoms. The Morgan fingerprint density at radius 2 is 1.74 bits per heavy atom. The van der Waals surface area contributed by atoms with Crippen LogP contribution in [-0.4, -0.2) is 53.9 Å². The zero-order chi connectivity index (χ0) is 22.0. The Labute approximate surface area is 181 Å². The van der Waals surface area contributed by atoms with Gasteiger partial charge >= 0.3 is 0 Å². The number of aromatic nitrogens is 2. The van der Waals surface area contributed by atoms with E-state index in [2.05, 4.69) is 16.1 Å². The van der Waals surface area contributed by atoms with Crippen LogP contribution >= 0.6 is 0 Å². The molecule has 7 nitrogen and oxygen atoms in total. The topological polar surface area (TPSA) is 67.7 Å². The molecule has 7 heteroatoms. The molecule has 1 amide bonds.